The summed E-state index contributed by atoms with van der Waals surface area (Å²) in [6, 6.07) is 4.10. The van der Waals surface area contributed by atoms with E-state index in [1.54, 1.807) is 6.26 Å². The lowest BCUT2D eigenvalue weighted by Gasteiger charge is -2.05. The van der Waals surface area contributed by atoms with Gasteiger partial charge in [0.05, 0.1) is 12.7 Å². The van der Waals surface area contributed by atoms with E-state index in [-0.39, 0.29) is 5.91 Å². The van der Waals surface area contributed by atoms with Crippen molar-refractivity contribution in [1.82, 2.24) is 10.6 Å². The van der Waals surface area contributed by atoms with Crippen molar-refractivity contribution in [2.45, 2.75) is 27.2 Å². The Morgan fingerprint density at radius 1 is 1.25 bits per heavy atom. The number of hydrogen-bond donors (Lipinski definition) is 2. The molecule has 0 radical (unpaired) electrons. The van der Waals surface area contributed by atoms with Gasteiger partial charge in [0.15, 0.2) is 0 Å². The van der Waals surface area contributed by atoms with Crippen molar-refractivity contribution in [3.8, 4) is 0 Å². The molecule has 0 bridgehead atoms. The molecule has 0 spiro atoms. The van der Waals surface area contributed by atoms with Crippen LogP contribution in [0.1, 0.15) is 23.6 Å². The minimum Gasteiger partial charge on any atom is -0.464 e. The van der Waals surface area contributed by atoms with Crippen LogP contribution >= 0.6 is 0 Å². The second kappa shape index (κ2) is 6.57. The molecular formula is C16H22N2O2. The standard InChI is InChI=1S/C16H22N2O2/c1-4-17-7-8-18-15(19)9-13-10-20-16-12(3)11(2)5-6-14(13)16/h5-6,10,17H,4,7-9H2,1-3H3,(H,18,19). The van der Waals surface area contributed by atoms with Crippen molar-refractivity contribution in [1.29, 1.82) is 0 Å². The number of amides is 1. The van der Waals surface area contributed by atoms with Crippen LogP contribution in [0.4, 0.5) is 0 Å². The lowest BCUT2D eigenvalue weighted by molar-refractivity contribution is -0.120. The van der Waals surface area contributed by atoms with E-state index in [2.05, 4.69) is 23.6 Å². The molecule has 0 fully saturated rings. The fourth-order valence-electron chi connectivity index (χ4n) is 2.23. The third-order valence-corrected chi connectivity index (χ3v) is 3.57. The fraction of sp³-hybridized carbons (Fsp3) is 0.438. The first kappa shape index (κ1) is 14.6. The molecule has 0 aliphatic carbocycles. The first-order valence-electron chi connectivity index (χ1n) is 7.07. The summed E-state index contributed by atoms with van der Waals surface area (Å²) in [6.45, 7) is 8.52. The van der Waals surface area contributed by atoms with Crippen LogP contribution in [-0.4, -0.2) is 25.5 Å². The summed E-state index contributed by atoms with van der Waals surface area (Å²) in [5, 5.41) is 7.11. The maximum Gasteiger partial charge on any atom is 0.224 e. The average molecular weight is 274 g/mol. The number of nitrogens with one attached hydrogen (secondary N) is 2. The molecule has 0 aliphatic heterocycles. The number of rotatable bonds is 6. The Morgan fingerprint density at radius 3 is 2.80 bits per heavy atom. The zero-order chi connectivity index (χ0) is 14.5. The number of hydrogen-bond acceptors (Lipinski definition) is 3. The molecular weight excluding hydrogens is 252 g/mol. The van der Waals surface area contributed by atoms with Crippen molar-refractivity contribution < 1.29 is 9.21 Å². The Bertz CT molecular complexity index is 602. The van der Waals surface area contributed by atoms with E-state index in [0.717, 1.165) is 35.2 Å². The number of aryl methyl sites for hydroxylation is 2. The Kier molecular flexibility index (Phi) is 4.79. The van der Waals surface area contributed by atoms with Gasteiger partial charge in [0.2, 0.25) is 5.91 Å². The van der Waals surface area contributed by atoms with Gasteiger partial charge >= 0.3 is 0 Å². The molecule has 1 heterocycles. The molecule has 4 nitrogen and oxygen atoms in total. The van der Waals surface area contributed by atoms with Gasteiger partial charge in [-0.15, -0.1) is 0 Å². The summed E-state index contributed by atoms with van der Waals surface area (Å²) in [6.07, 6.45) is 2.06. The molecule has 0 atom stereocenters. The lowest BCUT2D eigenvalue weighted by atomic mass is 10.0. The van der Waals surface area contributed by atoms with Crippen molar-refractivity contribution in [3.05, 3.63) is 35.1 Å². The molecule has 4 heteroatoms. The molecule has 1 amide bonds. The van der Waals surface area contributed by atoms with Crippen LogP contribution in [0.3, 0.4) is 0 Å². The maximum absolute atomic E-state index is 11.9. The van der Waals surface area contributed by atoms with E-state index in [9.17, 15) is 4.79 Å². The molecule has 20 heavy (non-hydrogen) atoms. The average Bonchev–Trinajstić information content (AvgIpc) is 2.83. The largest absolute Gasteiger partial charge is 0.464 e. The number of likely N-dealkylation sites (N-methyl/N-ethyl adjacent to an activating group) is 1. The molecule has 0 aliphatic rings. The third kappa shape index (κ3) is 3.20. The summed E-state index contributed by atoms with van der Waals surface area (Å²) in [4.78, 5) is 11.9. The summed E-state index contributed by atoms with van der Waals surface area (Å²) in [5.74, 6) is 0.0313. The SMILES string of the molecule is CCNCCNC(=O)Cc1coc2c(C)c(C)ccc12. The van der Waals surface area contributed by atoms with E-state index < -0.39 is 0 Å². The van der Waals surface area contributed by atoms with Gasteiger partial charge < -0.3 is 15.1 Å². The molecule has 0 saturated carbocycles. The Hall–Kier alpha value is -1.81. The van der Waals surface area contributed by atoms with Crippen LogP contribution in [0.2, 0.25) is 0 Å². The molecule has 2 rings (SSSR count). The number of fused-ring (bicyclic) bond motifs is 1. The smallest absolute Gasteiger partial charge is 0.224 e. The first-order valence-corrected chi connectivity index (χ1v) is 7.07. The fourth-order valence-corrected chi connectivity index (χ4v) is 2.23. The van der Waals surface area contributed by atoms with Crippen LogP contribution in [0, 0.1) is 13.8 Å². The van der Waals surface area contributed by atoms with Gasteiger partial charge in [-0.25, -0.2) is 0 Å². The normalized spacial score (nSPS) is 10.9. The Labute approximate surface area is 119 Å². The Morgan fingerprint density at radius 2 is 2.05 bits per heavy atom. The van der Waals surface area contributed by atoms with E-state index >= 15 is 0 Å². The molecule has 108 valence electrons. The number of furan rings is 1. The van der Waals surface area contributed by atoms with Crippen molar-refractivity contribution in [2.24, 2.45) is 0 Å². The number of carbonyl (C=O) groups is 1. The summed E-state index contributed by atoms with van der Waals surface area (Å²) < 4.78 is 5.61. The van der Waals surface area contributed by atoms with Gasteiger partial charge in [-0.2, -0.15) is 0 Å². The predicted octanol–water partition coefficient (Wildman–Crippen LogP) is 2.32. The third-order valence-electron chi connectivity index (χ3n) is 3.57. The number of carbonyl (C=O) groups excluding carboxylic acids is 1. The summed E-state index contributed by atoms with van der Waals surface area (Å²) in [7, 11) is 0. The zero-order valence-electron chi connectivity index (χ0n) is 12.4. The molecule has 2 N–H and O–H groups in total. The van der Waals surface area contributed by atoms with Gasteiger partial charge in [-0.1, -0.05) is 19.1 Å². The highest BCUT2D eigenvalue weighted by Gasteiger charge is 2.12. The highest BCUT2D eigenvalue weighted by atomic mass is 16.3. The topological polar surface area (TPSA) is 54.3 Å². The van der Waals surface area contributed by atoms with Gasteiger partial charge in [0.1, 0.15) is 5.58 Å². The van der Waals surface area contributed by atoms with E-state index in [1.807, 2.05) is 19.9 Å². The first-order chi connectivity index (χ1) is 9.63. The summed E-state index contributed by atoms with van der Waals surface area (Å²) in [5.41, 5.74) is 4.18. The van der Waals surface area contributed by atoms with Crippen LogP contribution in [0.5, 0.6) is 0 Å². The minimum absolute atomic E-state index is 0.0313. The van der Waals surface area contributed by atoms with Crippen molar-refractivity contribution >= 4 is 16.9 Å². The lowest BCUT2D eigenvalue weighted by Crippen LogP contribution is -2.32. The molecule has 1 aromatic carbocycles. The quantitative estimate of drug-likeness (QED) is 0.795. The van der Waals surface area contributed by atoms with Crippen LogP contribution in [0.15, 0.2) is 22.8 Å². The zero-order valence-corrected chi connectivity index (χ0v) is 12.4. The highest BCUT2D eigenvalue weighted by molar-refractivity contribution is 5.89. The van der Waals surface area contributed by atoms with Gasteiger partial charge in [-0.05, 0) is 31.5 Å². The van der Waals surface area contributed by atoms with E-state index in [0.29, 0.717) is 13.0 Å². The second-order valence-corrected chi connectivity index (χ2v) is 5.03. The van der Waals surface area contributed by atoms with Gasteiger partial charge in [0, 0.05) is 24.0 Å². The van der Waals surface area contributed by atoms with Crippen LogP contribution < -0.4 is 10.6 Å². The molecule has 0 saturated heterocycles. The van der Waals surface area contributed by atoms with Crippen molar-refractivity contribution in [3.63, 3.8) is 0 Å². The second-order valence-electron chi connectivity index (χ2n) is 5.03. The minimum atomic E-state index is 0.0313. The molecule has 1 aromatic heterocycles. The monoisotopic (exact) mass is 274 g/mol. The van der Waals surface area contributed by atoms with Gasteiger partial charge in [-0.3, -0.25) is 4.79 Å². The molecule has 0 unspecified atom stereocenters. The van der Waals surface area contributed by atoms with Crippen LogP contribution in [0.25, 0.3) is 11.0 Å². The maximum atomic E-state index is 11.9. The number of benzene rings is 1. The Balaban J connectivity index is 2.03. The van der Waals surface area contributed by atoms with E-state index in [4.69, 9.17) is 4.42 Å². The van der Waals surface area contributed by atoms with Crippen molar-refractivity contribution in [2.75, 3.05) is 19.6 Å². The van der Waals surface area contributed by atoms with E-state index in [1.165, 1.54) is 5.56 Å². The van der Waals surface area contributed by atoms with Crippen LogP contribution in [-0.2, 0) is 11.2 Å². The molecule has 2 aromatic rings. The van der Waals surface area contributed by atoms with Gasteiger partial charge in [0.25, 0.3) is 0 Å². The predicted molar refractivity (Wildman–Crippen MR) is 80.9 cm³/mol. The summed E-state index contributed by atoms with van der Waals surface area (Å²) >= 11 is 0. The highest BCUT2D eigenvalue weighted by Crippen LogP contribution is 2.26.